The van der Waals surface area contributed by atoms with Crippen molar-refractivity contribution in [2.45, 2.75) is 31.3 Å². The van der Waals surface area contributed by atoms with Crippen LogP contribution in [0.1, 0.15) is 23.2 Å². The standard InChI is InChI=1S/C19H13Cl2F4NO5/c20-10-5-8(1-4-15(10)31-19(23,24)25)30-16-7-12(22)9(6-11(16)21)17(27)13-2-3-14(26-13)18(28)29/h1,4-7,13-14,26H,2-3H2,(H,28,29). The van der Waals surface area contributed by atoms with Crippen molar-refractivity contribution >= 4 is 35.0 Å². The molecule has 2 unspecified atom stereocenters. The fraction of sp³-hybridized carbons (Fsp3) is 0.263. The zero-order chi connectivity index (χ0) is 22.9. The van der Waals surface area contributed by atoms with Crippen molar-refractivity contribution in [3.63, 3.8) is 0 Å². The Morgan fingerprint density at radius 2 is 1.68 bits per heavy atom. The van der Waals surface area contributed by atoms with Gasteiger partial charge in [-0.25, -0.2) is 4.39 Å². The van der Waals surface area contributed by atoms with E-state index in [-0.39, 0.29) is 34.9 Å². The predicted octanol–water partition coefficient (Wildman–Crippen LogP) is 5.21. The number of hydrogen-bond acceptors (Lipinski definition) is 5. The van der Waals surface area contributed by atoms with Gasteiger partial charge < -0.3 is 14.6 Å². The number of carboxylic acids is 1. The molecule has 2 N–H and O–H groups in total. The van der Waals surface area contributed by atoms with Crippen molar-refractivity contribution in [1.82, 2.24) is 5.32 Å². The number of aliphatic carboxylic acids is 1. The summed E-state index contributed by atoms with van der Waals surface area (Å²) in [6, 6.07) is 3.14. The van der Waals surface area contributed by atoms with Crippen LogP contribution in [-0.4, -0.2) is 35.3 Å². The fourth-order valence-electron chi connectivity index (χ4n) is 3.01. The second-order valence-electron chi connectivity index (χ2n) is 6.56. The third-order valence-corrected chi connectivity index (χ3v) is 5.00. The van der Waals surface area contributed by atoms with E-state index in [4.69, 9.17) is 33.0 Å². The molecule has 1 aliphatic heterocycles. The van der Waals surface area contributed by atoms with Gasteiger partial charge in [0.25, 0.3) is 0 Å². The smallest absolute Gasteiger partial charge is 0.480 e. The van der Waals surface area contributed by atoms with Gasteiger partial charge in [-0.15, -0.1) is 13.2 Å². The van der Waals surface area contributed by atoms with E-state index < -0.39 is 46.8 Å². The summed E-state index contributed by atoms with van der Waals surface area (Å²) in [5.74, 6) is -3.65. The van der Waals surface area contributed by atoms with E-state index in [1.54, 1.807) is 0 Å². The summed E-state index contributed by atoms with van der Waals surface area (Å²) in [6.45, 7) is 0. The van der Waals surface area contributed by atoms with E-state index in [1.165, 1.54) is 0 Å². The maximum atomic E-state index is 14.5. The number of hydrogen-bond donors (Lipinski definition) is 2. The first-order valence-electron chi connectivity index (χ1n) is 8.70. The van der Waals surface area contributed by atoms with Crippen molar-refractivity contribution in [2.75, 3.05) is 0 Å². The average molecular weight is 482 g/mol. The van der Waals surface area contributed by atoms with Gasteiger partial charge in [0, 0.05) is 12.1 Å². The number of alkyl halides is 3. The number of ketones is 1. The van der Waals surface area contributed by atoms with E-state index >= 15 is 0 Å². The van der Waals surface area contributed by atoms with Crippen LogP contribution in [0, 0.1) is 5.82 Å². The molecule has 1 aliphatic rings. The molecule has 1 saturated heterocycles. The summed E-state index contributed by atoms with van der Waals surface area (Å²) in [5.41, 5.74) is -0.354. The number of Topliss-reactive ketones (excluding diaryl/α,β-unsaturated/α-hetero) is 1. The van der Waals surface area contributed by atoms with Crippen LogP contribution in [0.15, 0.2) is 30.3 Å². The zero-order valence-electron chi connectivity index (χ0n) is 15.3. The van der Waals surface area contributed by atoms with Gasteiger partial charge in [0.05, 0.1) is 21.7 Å². The highest BCUT2D eigenvalue weighted by Gasteiger charge is 2.35. The first kappa shape index (κ1) is 23.1. The topological polar surface area (TPSA) is 84.9 Å². The Hall–Kier alpha value is -2.56. The summed E-state index contributed by atoms with van der Waals surface area (Å²) in [7, 11) is 0. The van der Waals surface area contributed by atoms with E-state index in [9.17, 15) is 27.2 Å². The van der Waals surface area contributed by atoms with Crippen LogP contribution >= 0.6 is 23.2 Å². The van der Waals surface area contributed by atoms with Crippen molar-refractivity contribution in [3.05, 3.63) is 51.8 Å². The molecule has 3 rings (SSSR count). The molecule has 1 fully saturated rings. The van der Waals surface area contributed by atoms with Crippen LogP contribution in [-0.2, 0) is 4.79 Å². The van der Waals surface area contributed by atoms with Gasteiger partial charge in [0.1, 0.15) is 29.1 Å². The van der Waals surface area contributed by atoms with Crippen LogP contribution in [0.4, 0.5) is 17.6 Å². The lowest BCUT2D eigenvalue weighted by Gasteiger charge is -2.14. The van der Waals surface area contributed by atoms with Crippen LogP contribution in [0.25, 0.3) is 0 Å². The Morgan fingerprint density at radius 3 is 2.26 bits per heavy atom. The second-order valence-corrected chi connectivity index (χ2v) is 7.37. The van der Waals surface area contributed by atoms with Gasteiger partial charge >= 0.3 is 12.3 Å². The van der Waals surface area contributed by atoms with Crippen molar-refractivity contribution in [3.8, 4) is 17.2 Å². The summed E-state index contributed by atoms with van der Waals surface area (Å²) < 4.78 is 60.6. The second kappa shape index (κ2) is 8.89. The normalized spacial score (nSPS) is 18.6. The first-order valence-corrected chi connectivity index (χ1v) is 9.45. The Bertz CT molecular complexity index is 1030. The maximum absolute atomic E-state index is 14.5. The van der Waals surface area contributed by atoms with Crippen LogP contribution in [0.3, 0.4) is 0 Å². The molecule has 1 heterocycles. The molecule has 0 aromatic heterocycles. The monoisotopic (exact) mass is 481 g/mol. The number of ether oxygens (including phenoxy) is 2. The summed E-state index contributed by atoms with van der Waals surface area (Å²) in [5, 5.41) is 11.1. The van der Waals surface area contributed by atoms with E-state index in [2.05, 4.69) is 10.1 Å². The molecule has 0 radical (unpaired) electrons. The highest BCUT2D eigenvalue weighted by molar-refractivity contribution is 6.33. The van der Waals surface area contributed by atoms with Crippen LogP contribution < -0.4 is 14.8 Å². The van der Waals surface area contributed by atoms with Crippen molar-refractivity contribution in [2.24, 2.45) is 0 Å². The van der Waals surface area contributed by atoms with E-state index in [0.717, 1.165) is 30.3 Å². The predicted molar refractivity (Wildman–Crippen MR) is 102 cm³/mol. The molecule has 0 aliphatic carbocycles. The van der Waals surface area contributed by atoms with Gasteiger partial charge in [-0.1, -0.05) is 23.2 Å². The first-order chi connectivity index (χ1) is 14.4. The third-order valence-electron chi connectivity index (χ3n) is 4.40. The largest absolute Gasteiger partial charge is 0.573 e. The molecular weight excluding hydrogens is 469 g/mol. The molecule has 2 atom stereocenters. The number of carboxylic acid groups (broad SMARTS) is 1. The van der Waals surface area contributed by atoms with Gasteiger partial charge in [-0.3, -0.25) is 14.9 Å². The number of carbonyl (C=O) groups excluding carboxylic acids is 1. The number of carbonyl (C=O) groups is 2. The Kier molecular flexibility index (Phi) is 6.63. The number of benzene rings is 2. The molecule has 0 bridgehead atoms. The molecule has 12 heteroatoms. The Morgan fingerprint density at radius 1 is 1.03 bits per heavy atom. The lowest BCUT2D eigenvalue weighted by atomic mass is 10.0. The van der Waals surface area contributed by atoms with E-state index in [1.807, 2.05) is 0 Å². The van der Waals surface area contributed by atoms with Gasteiger partial charge in [0.2, 0.25) is 0 Å². The third kappa shape index (κ3) is 5.57. The summed E-state index contributed by atoms with van der Waals surface area (Å²) >= 11 is 11.8. The molecule has 2 aromatic carbocycles. The molecular formula is C19H13Cl2F4NO5. The number of halogens is 6. The lowest BCUT2D eigenvalue weighted by Crippen LogP contribution is -2.39. The molecule has 0 amide bonds. The fourth-order valence-corrected chi connectivity index (χ4v) is 3.42. The summed E-state index contributed by atoms with van der Waals surface area (Å²) in [6.07, 6.45) is -4.49. The average Bonchev–Trinajstić information content (AvgIpc) is 3.16. The highest BCUT2D eigenvalue weighted by atomic mass is 35.5. The van der Waals surface area contributed by atoms with Crippen molar-refractivity contribution < 1.29 is 41.7 Å². The molecule has 0 saturated carbocycles. The quantitative estimate of drug-likeness (QED) is 0.435. The Labute approximate surface area is 182 Å². The minimum absolute atomic E-state index is 0.0540. The molecule has 31 heavy (non-hydrogen) atoms. The van der Waals surface area contributed by atoms with E-state index in [0.29, 0.717) is 0 Å². The number of rotatable bonds is 6. The number of nitrogens with one attached hydrogen (secondary N) is 1. The molecule has 2 aromatic rings. The summed E-state index contributed by atoms with van der Waals surface area (Å²) in [4.78, 5) is 23.5. The van der Waals surface area contributed by atoms with Crippen LogP contribution in [0.2, 0.25) is 10.0 Å². The van der Waals surface area contributed by atoms with Crippen molar-refractivity contribution in [1.29, 1.82) is 0 Å². The molecule has 166 valence electrons. The zero-order valence-corrected chi connectivity index (χ0v) is 16.8. The maximum Gasteiger partial charge on any atom is 0.573 e. The van der Waals surface area contributed by atoms with Gasteiger partial charge in [0.15, 0.2) is 5.78 Å². The minimum Gasteiger partial charge on any atom is -0.480 e. The van der Waals surface area contributed by atoms with Gasteiger partial charge in [-0.05, 0) is 31.0 Å². The lowest BCUT2D eigenvalue weighted by molar-refractivity contribution is -0.274. The SMILES string of the molecule is O=C(O)C1CCC(C(=O)c2cc(Cl)c(Oc3ccc(OC(F)(F)F)c(Cl)c3)cc2F)N1. The van der Waals surface area contributed by atoms with Crippen LogP contribution in [0.5, 0.6) is 17.2 Å². The molecule has 0 spiro atoms. The highest BCUT2D eigenvalue weighted by Crippen LogP contribution is 2.37. The molecule has 6 nitrogen and oxygen atoms in total. The van der Waals surface area contributed by atoms with Gasteiger partial charge in [-0.2, -0.15) is 0 Å². The Balaban J connectivity index is 1.77. The minimum atomic E-state index is -4.93.